The van der Waals surface area contributed by atoms with Gasteiger partial charge in [-0.1, -0.05) is 0 Å². The van der Waals surface area contributed by atoms with Crippen LogP contribution >= 0.6 is 0 Å². The van der Waals surface area contributed by atoms with Gasteiger partial charge in [-0.05, 0) is 12.1 Å². The fourth-order valence-corrected chi connectivity index (χ4v) is 1.11. The van der Waals surface area contributed by atoms with Crippen LogP contribution < -0.4 is 4.74 Å². The molecule has 1 aliphatic rings. The maximum absolute atomic E-state index is 10.4. The molecule has 0 amide bonds. The summed E-state index contributed by atoms with van der Waals surface area (Å²) in [5.41, 5.74) is 0.0247. The first kappa shape index (κ1) is 9.45. The van der Waals surface area contributed by atoms with Crippen LogP contribution in [-0.2, 0) is 4.74 Å². The molecule has 0 radical (unpaired) electrons. The maximum Gasteiger partial charge on any atom is 0.389 e. The number of nitro groups is 1. The van der Waals surface area contributed by atoms with Crippen LogP contribution in [0, 0.1) is 10.1 Å². The van der Waals surface area contributed by atoms with E-state index in [1.54, 1.807) is 0 Å². The van der Waals surface area contributed by atoms with Gasteiger partial charge >= 0.3 is 6.08 Å². The zero-order valence-corrected chi connectivity index (χ0v) is 7.75. The summed E-state index contributed by atoms with van der Waals surface area (Å²) in [5.74, 6) is 0.473. The van der Waals surface area contributed by atoms with Crippen molar-refractivity contribution >= 4 is 11.8 Å². The van der Waals surface area contributed by atoms with Gasteiger partial charge in [0, 0.05) is 12.1 Å². The van der Waals surface area contributed by atoms with Gasteiger partial charge in [-0.3, -0.25) is 10.1 Å². The molecule has 1 aliphatic heterocycles. The molecule has 0 aromatic heterocycles. The Morgan fingerprint density at radius 1 is 1.40 bits per heavy atom. The van der Waals surface area contributed by atoms with Crippen LogP contribution in [-0.4, -0.2) is 24.2 Å². The van der Waals surface area contributed by atoms with E-state index in [0.717, 1.165) is 0 Å². The molecule has 6 heteroatoms. The number of nitrogens with zero attached hydrogens (tertiary/aromatic N) is 2. The number of non-ortho nitro benzene ring substituents is 1. The lowest BCUT2D eigenvalue weighted by atomic mass is 10.3. The minimum Gasteiger partial charge on any atom is -0.448 e. The minimum atomic E-state index is -0.465. The lowest BCUT2D eigenvalue weighted by molar-refractivity contribution is -0.384. The normalized spacial score (nSPS) is 14.3. The standard InChI is InChI=1S/C9H8N2O4/c12-11(13)7-1-3-8(4-2-7)15-9-10-5-6-14-9/h1-4H,5-6H2. The van der Waals surface area contributed by atoms with Crippen molar-refractivity contribution in [2.24, 2.45) is 4.99 Å². The number of aliphatic imine (C=N–C) groups is 1. The summed E-state index contributed by atoms with van der Waals surface area (Å²) in [4.78, 5) is 13.8. The smallest absolute Gasteiger partial charge is 0.389 e. The fraction of sp³-hybridized carbons (Fsp3) is 0.222. The Balaban J connectivity index is 2.06. The van der Waals surface area contributed by atoms with E-state index in [4.69, 9.17) is 9.47 Å². The van der Waals surface area contributed by atoms with Gasteiger partial charge < -0.3 is 9.47 Å². The van der Waals surface area contributed by atoms with E-state index in [1.165, 1.54) is 24.3 Å². The first-order valence-corrected chi connectivity index (χ1v) is 4.35. The van der Waals surface area contributed by atoms with E-state index in [1.807, 2.05) is 0 Å². The van der Waals surface area contributed by atoms with Crippen molar-refractivity contribution in [2.75, 3.05) is 13.2 Å². The molecule has 1 heterocycles. The molecule has 0 spiro atoms. The third-order valence-electron chi connectivity index (χ3n) is 1.81. The third kappa shape index (κ3) is 2.22. The van der Waals surface area contributed by atoms with Gasteiger partial charge in [0.15, 0.2) is 0 Å². The summed E-state index contributed by atoms with van der Waals surface area (Å²) in [6.07, 6.45) is 0.212. The fourth-order valence-electron chi connectivity index (χ4n) is 1.11. The van der Waals surface area contributed by atoms with E-state index in [9.17, 15) is 10.1 Å². The predicted molar refractivity (Wildman–Crippen MR) is 52.0 cm³/mol. The molecule has 1 aromatic rings. The highest BCUT2D eigenvalue weighted by Gasteiger charge is 2.10. The first-order chi connectivity index (χ1) is 7.25. The number of benzene rings is 1. The molecule has 6 nitrogen and oxygen atoms in total. The van der Waals surface area contributed by atoms with Gasteiger partial charge in [-0.2, -0.15) is 0 Å². The van der Waals surface area contributed by atoms with Crippen molar-refractivity contribution in [1.82, 2.24) is 0 Å². The zero-order chi connectivity index (χ0) is 10.7. The van der Waals surface area contributed by atoms with Crippen molar-refractivity contribution in [3.8, 4) is 5.75 Å². The average Bonchev–Trinajstić information content (AvgIpc) is 2.71. The lowest BCUT2D eigenvalue weighted by Gasteiger charge is -2.03. The Morgan fingerprint density at radius 3 is 2.67 bits per heavy atom. The van der Waals surface area contributed by atoms with Gasteiger partial charge in [-0.15, -0.1) is 0 Å². The molecule has 0 N–H and O–H groups in total. The van der Waals surface area contributed by atoms with Crippen molar-refractivity contribution in [1.29, 1.82) is 0 Å². The first-order valence-electron chi connectivity index (χ1n) is 4.35. The zero-order valence-electron chi connectivity index (χ0n) is 7.75. The molecule has 0 atom stereocenters. The van der Waals surface area contributed by atoms with Crippen molar-refractivity contribution < 1.29 is 14.4 Å². The van der Waals surface area contributed by atoms with Gasteiger partial charge in [-0.25, -0.2) is 4.99 Å². The Morgan fingerprint density at radius 2 is 2.13 bits per heavy atom. The molecule has 78 valence electrons. The Labute approximate surface area is 85.3 Å². The van der Waals surface area contributed by atoms with Crippen LogP contribution in [0.4, 0.5) is 5.69 Å². The second kappa shape index (κ2) is 3.95. The van der Waals surface area contributed by atoms with E-state index < -0.39 is 4.92 Å². The van der Waals surface area contributed by atoms with E-state index in [-0.39, 0.29) is 11.8 Å². The SMILES string of the molecule is O=[N+]([O-])c1ccc(OC2=NCCO2)cc1. The highest BCUT2D eigenvalue weighted by atomic mass is 16.7. The second-order valence-electron chi connectivity index (χ2n) is 2.85. The summed E-state index contributed by atoms with van der Waals surface area (Å²) in [5, 5.41) is 10.4. The number of nitro benzene ring substituents is 1. The lowest BCUT2D eigenvalue weighted by Crippen LogP contribution is -2.07. The van der Waals surface area contributed by atoms with Crippen molar-refractivity contribution in [3.05, 3.63) is 34.4 Å². The topological polar surface area (TPSA) is 74.0 Å². The van der Waals surface area contributed by atoms with Crippen LogP contribution in [0.3, 0.4) is 0 Å². The van der Waals surface area contributed by atoms with E-state index in [0.29, 0.717) is 18.9 Å². The molecule has 0 fully saturated rings. The summed E-state index contributed by atoms with van der Waals surface area (Å²) < 4.78 is 10.2. The Kier molecular flexibility index (Phi) is 2.49. The molecule has 0 aliphatic carbocycles. The van der Waals surface area contributed by atoms with Crippen LogP contribution in [0.2, 0.25) is 0 Å². The largest absolute Gasteiger partial charge is 0.448 e. The van der Waals surface area contributed by atoms with Gasteiger partial charge in [0.25, 0.3) is 5.69 Å². The second-order valence-corrected chi connectivity index (χ2v) is 2.85. The minimum absolute atomic E-state index is 0.0247. The van der Waals surface area contributed by atoms with Crippen LogP contribution in [0.15, 0.2) is 29.3 Å². The molecule has 0 bridgehead atoms. The molecule has 0 saturated carbocycles. The van der Waals surface area contributed by atoms with Gasteiger partial charge in [0.1, 0.15) is 12.4 Å². The Hall–Kier alpha value is -2.11. The highest BCUT2D eigenvalue weighted by Crippen LogP contribution is 2.18. The van der Waals surface area contributed by atoms with Crippen molar-refractivity contribution in [2.45, 2.75) is 0 Å². The molecular weight excluding hydrogens is 200 g/mol. The molecule has 0 unspecified atom stereocenters. The van der Waals surface area contributed by atoms with Gasteiger partial charge in [0.05, 0.1) is 11.5 Å². The molecular formula is C9H8N2O4. The number of hydrogen-bond donors (Lipinski definition) is 0. The monoisotopic (exact) mass is 208 g/mol. The summed E-state index contributed by atoms with van der Waals surface area (Å²) in [6.45, 7) is 1.10. The van der Waals surface area contributed by atoms with Crippen LogP contribution in [0.1, 0.15) is 0 Å². The number of ether oxygens (including phenoxy) is 2. The average molecular weight is 208 g/mol. The van der Waals surface area contributed by atoms with Crippen molar-refractivity contribution in [3.63, 3.8) is 0 Å². The third-order valence-corrected chi connectivity index (χ3v) is 1.81. The summed E-state index contributed by atoms with van der Waals surface area (Å²) >= 11 is 0. The quantitative estimate of drug-likeness (QED) is 0.543. The van der Waals surface area contributed by atoms with Crippen LogP contribution in [0.25, 0.3) is 0 Å². The predicted octanol–water partition coefficient (Wildman–Crippen LogP) is 1.36. The highest BCUT2D eigenvalue weighted by molar-refractivity contribution is 5.71. The molecule has 15 heavy (non-hydrogen) atoms. The molecule has 0 saturated heterocycles. The number of rotatable bonds is 2. The van der Waals surface area contributed by atoms with E-state index in [2.05, 4.69) is 4.99 Å². The maximum atomic E-state index is 10.4. The molecule has 2 rings (SSSR count). The summed E-state index contributed by atoms with van der Waals surface area (Å²) in [7, 11) is 0. The summed E-state index contributed by atoms with van der Waals surface area (Å²) in [6, 6.07) is 5.74. The van der Waals surface area contributed by atoms with Crippen LogP contribution in [0.5, 0.6) is 5.75 Å². The van der Waals surface area contributed by atoms with E-state index >= 15 is 0 Å². The van der Waals surface area contributed by atoms with Gasteiger partial charge in [0.2, 0.25) is 0 Å². The Bertz CT molecular complexity index is 399. The molecule has 1 aromatic carbocycles. The number of hydrogen-bond acceptors (Lipinski definition) is 5.